The molecule has 1 saturated heterocycles. The number of nitrogens with one attached hydrogen (secondary N) is 2. The molecule has 1 aromatic carbocycles. The van der Waals surface area contributed by atoms with Crippen LogP contribution in [0.1, 0.15) is 51.3 Å². The van der Waals surface area contributed by atoms with Gasteiger partial charge in [0.25, 0.3) is 5.91 Å². The zero-order valence-electron chi connectivity index (χ0n) is 16.6. The molecule has 0 saturated carbocycles. The van der Waals surface area contributed by atoms with Crippen molar-refractivity contribution in [2.24, 2.45) is 0 Å². The van der Waals surface area contributed by atoms with Crippen molar-refractivity contribution in [2.45, 2.75) is 52.4 Å². The van der Waals surface area contributed by atoms with E-state index in [1.54, 1.807) is 13.8 Å². The van der Waals surface area contributed by atoms with Gasteiger partial charge in [0, 0.05) is 24.5 Å². The molecule has 3 rings (SSSR count). The van der Waals surface area contributed by atoms with Crippen LogP contribution in [0.25, 0.3) is 0 Å². The number of anilines is 1. The van der Waals surface area contributed by atoms with Crippen molar-refractivity contribution in [1.82, 2.24) is 9.29 Å². The van der Waals surface area contributed by atoms with Gasteiger partial charge in [-0.3, -0.25) is 4.79 Å². The average molecular weight is 390 g/mol. The summed E-state index contributed by atoms with van der Waals surface area (Å²) < 4.78 is 27.5. The molecule has 1 amide bonds. The molecule has 27 heavy (non-hydrogen) atoms. The van der Waals surface area contributed by atoms with Crippen LogP contribution in [0.2, 0.25) is 0 Å². The number of aryl methyl sites for hydroxylation is 4. The van der Waals surface area contributed by atoms with Crippen LogP contribution >= 0.6 is 0 Å². The molecule has 1 aliphatic rings. The number of benzene rings is 1. The fourth-order valence-electron chi connectivity index (χ4n) is 3.96. The minimum atomic E-state index is -3.59. The van der Waals surface area contributed by atoms with Gasteiger partial charge < -0.3 is 10.3 Å². The number of aromatic nitrogens is 1. The Bertz CT molecular complexity index is 977. The molecule has 0 unspecified atom stereocenters. The van der Waals surface area contributed by atoms with E-state index in [0.29, 0.717) is 30.0 Å². The summed E-state index contributed by atoms with van der Waals surface area (Å²) in [6.07, 6.45) is 1.75. The second-order valence-electron chi connectivity index (χ2n) is 7.42. The zero-order chi connectivity index (χ0) is 19.9. The molecule has 146 valence electrons. The second kappa shape index (κ2) is 7.13. The van der Waals surface area contributed by atoms with E-state index in [9.17, 15) is 13.2 Å². The lowest BCUT2D eigenvalue weighted by Crippen LogP contribution is -2.28. The van der Waals surface area contributed by atoms with E-state index in [1.807, 2.05) is 32.9 Å². The number of H-pyrrole nitrogens is 1. The summed E-state index contributed by atoms with van der Waals surface area (Å²) in [6, 6.07) is 4.03. The Balaban J connectivity index is 1.96. The highest BCUT2D eigenvalue weighted by Crippen LogP contribution is 2.29. The summed E-state index contributed by atoms with van der Waals surface area (Å²) >= 11 is 0. The van der Waals surface area contributed by atoms with E-state index in [-0.39, 0.29) is 10.8 Å². The molecule has 0 bridgehead atoms. The first kappa shape index (κ1) is 19.6. The summed E-state index contributed by atoms with van der Waals surface area (Å²) in [5.74, 6) is -0.325. The predicted octanol–water partition coefficient (Wildman–Crippen LogP) is 3.59. The number of aromatic amines is 1. The molecule has 2 N–H and O–H groups in total. The van der Waals surface area contributed by atoms with Gasteiger partial charge in [-0.25, -0.2) is 8.42 Å². The SMILES string of the molecule is Cc1cc(C)c(NC(=O)c2[nH]c(C)c(S(=O)(=O)N3CCCC3)c2C)c(C)c1. The molecule has 1 fully saturated rings. The maximum atomic E-state index is 13.0. The van der Waals surface area contributed by atoms with Crippen LogP contribution in [-0.2, 0) is 10.0 Å². The topological polar surface area (TPSA) is 82.3 Å². The quantitative estimate of drug-likeness (QED) is 0.838. The molecular weight excluding hydrogens is 362 g/mol. The van der Waals surface area contributed by atoms with E-state index in [2.05, 4.69) is 10.3 Å². The number of rotatable bonds is 4. The number of amides is 1. The molecule has 0 spiro atoms. The standard InChI is InChI=1S/C20H27N3O3S/c1-12-10-13(2)17(14(3)11-12)22-20(24)18-15(4)19(16(5)21-18)27(25,26)23-8-6-7-9-23/h10-11,21H,6-9H2,1-5H3,(H,22,24). The first-order valence-corrected chi connectivity index (χ1v) is 10.7. The van der Waals surface area contributed by atoms with Crippen molar-refractivity contribution in [2.75, 3.05) is 18.4 Å². The Morgan fingerprint density at radius 2 is 1.59 bits per heavy atom. The van der Waals surface area contributed by atoms with Gasteiger partial charge in [0.1, 0.15) is 10.6 Å². The van der Waals surface area contributed by atoms with Crippen LogP contribution in [0.4, 0.5) is 5.69 Å². The Hall–Kier alpha value is -2.12. The molecule has 1 aliphatic heterocycles. The van der Waals surface area contributed by atoms with Crippen molar-refractivity contribution in [3.8, 4) is 0 Å². The van der Waals surface area contributed by atoms with Gasteiger partial charge in [0.05, 0.1) is 0 Å². The lowest BCUT2D eigenvalue weighted by molar-refractivity contribution is 0.102. The maximum absolute atomic E-state index is 13.0. The van der Waals surface area contributed by atoms with E-state index in [4.69, 9.17) is 0 Å². The van der Waals surface area contributed by atoms with Gasteiger partial charge >= 0.3 is 0 Å². The predicted molar refractivity (Wildman–Crippen MR) is 107 cm³/mol. The highest BCUT2D eigenvalue weighted by atomic mass is 32.2. The molecule has 1 aromatic heterocycles. The van der Waals surface area contributed by atoms with Crippen LogP contribution < -0.4 is 5.32 Å². The molecule has 7 heteroatoms. The van der Waals surface area contributed by atoms with Gasteiger partial charge in [0.2, 0.25) is 10.0 Å². The normalized spacial score (nSPS) is 15.3. The van der Waals surface area contributed by atoms with Crippen LogP contribution in [0.15, 0.2) is 17.0 Å². The van der Waals surface area contributed by atoms with E-state index < -0.39 is 10.0 Å². The molecule has 0 atom stereocenters. The van der Waals surface area contributed by atoms with E-state index in [0.717, 1.165) is 35.2 Å². The fraction of sp³-hybridized carbons (Fsp3) is 0.450. The Labute approximate surface area is 161 Å². The Morgan fingerprint density at radius 3 is 2.15 bits per heavy atom. The third-order valence-electron chi connectivity index (χ3n) is 5.17. The third kappa shape index (κ3) is 3.53. The van der Waals surface area contributed by atoms with Crippen molar-refractivity contribution >= 4 is 21.6 Å². The number of carbonyl (C=O) groups excluding carboxylic acids is 1. The lowest BCUT2D eigenvalue weighted by Gasteiger charge is -2.16. The molecule has 0 radical (unpaired) electrons. The van der Waals surface area contributed by atoms with E-state index >= 15 is 0 Å². The van der Waals surface area contributed by atoms with Gasteiger partial charge in [-0.15, -0.1) is 0 Å². The highest BCUT2D eigenvalue weighted by Gasteiger charge is 2.33. The number of hydrogen-bond donors (Lipinski definition) is 2. The highest BCUT2D eigenvalue weighted by molar-refractivity contribution is 7.89. The first-order chi connectivity index (χ1) is 12.6. The summed E-state index contributed by atoms with van der Waals surface area (Å²) in [4.78, 5) is 16.1. The van der Waals surface area contributed by atoms with Gasteiger partial charge in [-0.05, 0) is 64.2 Å². The molecule has 2 heterocycles. The summed E-state index contributed by atoms with van der Waals surface area (Å²) in [7, 11) is -3.59. The third-order valence-corrected chi connectivity index (χ3v) is 7.35. The zero-order valence-corrected chi connectivity index (χ0v) is 17.4. The molecule has 0 aliphatic carbocycles. The van der Waals surface area contributed by atoms with Crippen LogP contribution in [0.5, 0.6) is 0 Å². The Morgan fingerprint density at radius 1 is 1.04 bits per heavy atom. The summed E-state index contributed by atoms with van der Waals surface area (Å²) in [6.45, 7) is 10.4. The monoisotopic (exact) mass is 389 g/mol. The van der Waals surface area contributed by atoms with Crippen LogP contribution in [-0.4, -0.2) is 36.7 Å². The van der Waals surface area contributed by atoms with Gasteiger partial charge in [-0.2, -0.15) is 4.31 Å². The number of hydrogen-bond acceptors (Lipinski definition) is 3. The van der Waals surface area contributed by atoms with Crippen molar-refractivity contribution in [3.63, 3.8) is 0 Å². The van der Waals surface area contributed by atoms with Crippen molar-refractivity contribution in [3.05, 3.63) is 45.8 Å². The molecule has 6 nitrogen and oxygen atoms in total. The maximum Gasteiger partial charge on any atom is 0.272 e. The van der Waals surface area contributed by atoms with Gasteiger partial charge in [-0.1, -0.05) is 17.7 Å². The largest absolute Gasteiger partial charge is 0.353 e. The first-order valence-electron chi connectivity index (χ1n) is 9.21. The average Bonchev–Trinajstić information content (AvgIpc) is 3.19. The van der Waals surface area contributed by atoms with Crippen LogP contribution in [0.3, 0.4) is 0 Å². The fourth-order valence-corrected chi connectivity index (χ4v) is 5.88. The van der Waals surface area contributed by atoms with Gasteiger partial charge in [0.15, 0.2) is 0 Å². The minimum absolute atomic E-state index is 0.229. The second-order valence-corrected chi connectivity index (χ2v) is 9.29. The summed E-state index contributed by atoms with van der Waals surface area (Å²) in [5, 5.41) is 2.95. The smallest absolute Gasteiger partial charge is 0.272 e. The number of carbonyl (C=O) groups is 1. The molecule has 2 aromatic rings. The molecular formula is C20H27N3O3S. The minimum Gasteiger partial charge on any atom is -0.353 e. The number of sulfonamides is 1. The summed E-state index contributed by atoms with van der Waals surface area (Å²) in [5.41, 5.74) is 5.12. The van der Waals surface area contributed by atoms with Crippen molar-refractivity contribution in [1.29, 1.82) is 0 Å². The lowest BCUT2D eigenvalue weighted by atomic mass is 10.0. The van der Waals surface area contributed by atoms with Crippen molar-refractivity contribution < 1.29 is 13.2 Å². The number of nitrogens with zero attached hydrogens (tertiary/aromatic N) is 1. The Kier molecular flexibility index (Phi) is 5.18. The van der Waals surface area contributed by atoms with E-state index in [1.165, 1.54) is 4.31 Å². The van der Waals surface area contributed by atoms with Crippen LogP contribution in [0, 0.1) is 34.6 Å².